The number of hydrogen-bond acceptors (Lipinski definition) is 4. The minimum absolute atomic E-state index is 0.0361. The normalized spacial score (nSPS) is 14.3. The fourth-order valence-corrected chi connectivity index (χ4v) is 2.48. The van der Waals surface area contributed by atoms with Gasteiger partial charge in [0.05, 0.1) is 16.8 Å². The Labute approximate surface area is 150 Å². The number of anilines is 2. The zero-order valence-corrected chi connectivity index (χ0v) is 13.4. The molecule has 2 amide bonds. The van der Waals surface area contributed by atoms with Crippen molar-refractivity contribution in [2.75, 3.05) is 10.2 Å². The number of imide groups is 1. The molecule has 0 fully saturated rings. The summed E-state index contributed by atoms with van der Waals surface area (Å²) in [4.78, 5) is 36.0. The number of carbonyl (C=O) groups excluding carboxylic acids is 2. The maximum atomic E-state index is 12.8. The Morgan fingerprint density at radius 2 is 1.70 bits per heavy atom. The number of halogens is 3. The van der Waals surface area contributed by atoms with Crippen LogP contribution in [0.2, 0.25) is 0 Å². The molecular formula is C18H11F3N2O4. The van der Waals surface area contributed by atoms with Crippen molar-refractivity contribution < 1.29 is 32.7 Å². The van der Waals surface area contributed by atoms with Crippen LogP contribution in [0, 0.1) is 0 Å². The van der Waals surface area contributed by atoms with Gasteiger partial charge in [-0.05, 0) is 42.5 Å². The van der Waals surface area contributed by atoms with Crippen LogP contribution < -0.4 is 10.2 Å². The van der Waals surface area contributed by atoms with Crippen LogP contribution in [0.3, 0.4) is 0 Å². The topological polar surface area (TPSA) is 86.7 Å². The van der Waals surface area contributed by atoms with Crippen molar-refractivity contribution in [3.05, 3.63) is 71.4 Å². The number of alkyl halides is 3. The molecule has 1 heterocycles. The van der Waals surface area contributed by atoms with E-state index in [1.54, 1.807) is 0 Å². The molecule has 3 rings (SSSR count). The van der Waals surface area contributed by atoms with Crippen LogP contribution in [-0.4, -0.2) is 22.9 Å². The molecule has 0 bridgehead atoms. The Balaban J connectivity index is 1.82. The van der Waals surface area contributed by atoms with E-state index < -0.39 is 29.5 Å². The fraction of sp³-hybridized carbons (Fsp3) is 0.0556. The number of carboxylic acid groups (broad SMARTS) is 1. The summed E-state index contributed by atoms with van der Waals surface area (Å²) in [6.45, 7) is 0. The third-order valence-corrected chi connectivity index (χ3v) is 3.76. The van der Waals surface area contributed by atoms with Gasteiger partial charge in [0.2, 0.25) is 0 Å². The molecule has 9 heteroatoms. The number of carbonyl (C=O) groups is 3. The van der Waals surface area contributed by atoms with Crippen molar-refractivity contribution in [2.45, 2.75) is 6.18 Å². The molecule has 2 aromatic rings. The van der Waals surface area contributed by atoms with Gasteiger partial charge in [0.25, 0.3) is 11.8 Å². The number of hydrogen-bond donors (Lipinski definition) is 2. The van der Waals surface area contributed by atoms with Crippen molar-refractivity contribution in [2.24, 2.45) is 0 Å². The van der Waals surface area contributed by atoms with Crippen molar-refractivity contribution >= 4 is 29.2 Å². The lowest BCUT2D eigenvalue weighted by Gasteiger charge is -2.17. The summed E-state index contributed by atoms with van der Waals surface area (Å²) < 4.78 is 38.5. The second kappa shape index (κ2) is 6.60. The Bertz CT molecular complexity index is 965. The Kier molecular flexibility index (Phi) is 4.44. The van der Waals surface area contributed by atoms with E-state index in [4.69, 9.17) is 5.11 Å². The van der Waals surface area contributed by atoms with Crippen LogP contribution in [-0.2, 0) is 15.8 Å². The van der Waals surface area contributed by atoms with Gasteiger partial charge in [-0.15, -0.1) is 0 Å². The quantitative estimate of drug-likeness (QED) is 0.800. The molecule has 0 unspecified atom stereocenters. The first kappa shape index (κ1) is 18.2. The van der Waals surface area contributed by atoms with Gasteiger partial charge in [0.1, 0.15) is 5.70 Å². The number of rotatable bonds is 4. The van der Waals surface area contributed by atoms with E-state index in [2.05, 4.69) is 5.32 Å². The molecule has 1 aliphatic heterocycles. The molecule has 1 aliphatic rings. The molecule has 27 heavy (non-hydrogen) atoms. The highest BCUT2D eigenvalue weighted by Crippen LogP contribution is 2.33. The van der Waals surface area contributed by atoms with Crippen LogP contribution in [0.25, 0.3) is 0 Å². The molecule has 2 N–H and O–H groups in total. The lowest BCUT2D eigenvalue weighted by Crippen LogP contribution is -2.32. The summed E-state index contributed by atoms with van der Waals surface area (Å²) in [5.41, 5.74) is -0.937. The Morgan fingerprint density at radius 3 is 2.30 bits per heavy atom. The monoisotopic (exact) mass is 376 g/mol. The third kappa shape index (κ3) is 3.66. The molecular weight excluding hydrogens is 365 g/mol. The molecule has 0 spiro atoms. The molecule has 0 atom stereocenters. The van der Waals surface area contributed by atoms with Gasteiger partial charge >= 0.3 is 12.1 Å². The van der Waals surface area contributed by atoms with Crippen molar-refractivity contribution in [1.82, 2.24) is 0 Å². The van der Waals surface area contributed by atoms with E-state index in [0.717, 1.165) is 18.2 Å². The molecule has 0 saturated carbocycles. The molecule has 0 saturated heterocycles. The zero-order chi connectivity index (χ0) is 19.8. The second-order valence-corrected chi connectivity index (χ2v) is 5.59. The summed E-state index contributed by atoms with van der Waals surface area (Å²) in [7, 11) is 0. The van der Waals surface area contributed by atoms with Gasteiger partial charge in [0.15, 0.2) is 0 Å². The lowest BCUT2D eigenvalue weighted by molar-refractivity contribution is -0.137. The van der Waals surface area contributed by atoms with E-state index in [-0.39, 0.29) is 16.9 Å². The van der Waals surface area contributed by atoms with E-state index in [1.807, 2.05) is 0 Å². The average molecular weight is 376 g/mol. The largest absolute Gasteiger partial charge is 0.478 e. The average Bonchev–Trinajstić information content (AvgIpc) is 2.88. The molecule has 0 radical (unpaired) electrons. The molecule has 138 valence electrons. The SMILES string of the molecule is O=C(O)c1ccc(NC2=CC(=O)N(c3cccc(C(F)(F)F)c3)C2=O)cc1. The number of nitrogens with zero attached hydrogens (tertiary/aromatic N) is 1. The van der Waals surface area contributed by atoms with E-state index in [1.165, 1.54) is 30.3 Å². The van der Waals surface area contributed by atoms with Gasteiger partial charge in [-0.1, -0.05) is 6.07 Å². The minimum atomic E-state index is -4.61. The first-order valence-electron chi connectivity index (χ1n) is 7.54. The van der Waals surface area contributed by atoms with Gasteiger partial charge in [-0.3, -0.25) is 9.59 Å². The first-order valence-corrected chi connectivity index (χ1v) is 7.54. The van der Waals surface area contributed by atoms with Crippen molar-refractivity contribution in [1.29, 1.82) is 0 Å². The standard InChI is InChI=1S/C18H11F3N2O4/c19-18(20,21)11-2-1-3-13(8-11)23-15(24)9-14(16(23)25)22-12-6-4-10(5-7-12)17(26)27/h1-9,22H,(H,26,27). The molecule has 0 aliphatic carbocycles. The van der Waals surface area contributed by atoms with Gasteiger partial charge in [-0.2, -0.15) is 13.2 Å². The third-order valence-electron chi connectivity index (χ3n) is 3.76. The first-order chi connectivity index (χ1) is 12.7. The highest BCUT2D eigenvalue weighted by molar-refractivity contribution is 6.31. The van der Waals surface area contributed by atoms with E-state index >= 15 is 0 Å². The number of benzene rings is 2. The van der Waals surface area contributed by atoms with Crippen LogP contribution in [0.15, 0.2) is 60.3 Å². The maximum absolute atomic E-state index is 12.8. The lowest BCUT2D eigenvalue weighted by atomic mass is 10.2. The Hall–Kier alpha value is -3.62. The number of carboxylic acids is 1. The van der Waals surface area contributed by atoms with Crippen LogP contribution in [0.4, 0.5) is 24.5 Å². The summed E-state index contributed by atoms with van der Waals surface area (Å²) in [6, 6.07) is 9.29. The van der Waals surface area contributed by atoms with Gasteiger partial charge < -0.3 is 10.4 Å². The number of aromatic carboxylic acids is 1. The highest BCUT2D eigenvalue weighted by atomic mass is 19.4. The minimum Gasteiger partial charge on any atom is -0.478 e. The zero-order valence-electron chi connectivity index (χ0n) is 13.4. The number of amides is 2. The predicted molar refractivity (Wildman–Crippen MR) is 89.0 cm³/mol. The van der Waals surface area contributed by atoms with Crippen LogP contribution >= 0.6 is 0 Å². The molecule has 6 nitrogen and oxygen atoms in total. The summed E-state index contributed by atoms with van der Waals surface area (Å²) in [5, 5.41) is 11.5. The molecule has 2 aromatic carbocycles. The van der Waals surface area contributed by atoms with Crippen molar-refractivity contribution in [3.63, 3.8) is 0 Å². The second-order valence-electron chi connectivity index (χ2n) is 5.59. The van der Waals surface area contributed by atoms with Crippen LogP contribution in [0.5, 0.6) is 0 Å². The fourth-order valence-electron chi connectivity index (χ4n) is 2.48. The smallest absolute Gasteiger partial charge is 0.416 e. The highest BCUT2D eigenvalue weighted by Gasteiger charge is 2.35. The molecule has 0 aromatic heterocycles. The van der Waals surface area contributed by atoms with Gasteiger partial charge in [-0.25, -0.2) is 9.69 Å². The van der Waals surface area contributed by atoms with E-state index in [0.29, 0.717) is 16.7 Å². The van der Waals surface area contributed by atoms with Crippen molar-refractivity contribution in [3.8, 4) is 0 Å². The number of nitrogens with one attached hydrogen (secondary N) is 1. The van der Waals surface area contributed by atoms with Crippen LogP contribution in [0.1, 0.15) is 15.9 Å². The summed E-state index contributed by atoms with van der Waals surface area (Å²) >= 11 is 0. The summed E-state index contributed by atoms with van der Waals surface area (Å²) in [6.07, 6.45) is -3.64. The van der Waals surface area contributed by atoms with Gasteiger partial charge in [0, 0.05) is 11.8 Å². The van der Waals surface area contributed by atoms with E-state index in [9.17, 15) is 27.6 Å². The predicted octanol–water partition coefficient (Wildman–Crippen LogP) is 3.27. The maximum Gasteiger partial charge on any atom is 0.416 e. The summed E-state index contributed by atoms with van der Waals surface area (Å²) in [5.74, 6) is -2.73. The Morgan fingerprint density at radius 1 is 1.04 bits per heavy atom.